The van der Waals surface area contributed by atoms with Gasteiger partial charge in [0, 0.05) is 0 Å². The van der Waals surface area contributed by atoms with E-state index in [-0.39, 0.29) is 0 Å². The van der Waals surface area contributed by atoms with Crippen LogP contribution in [0.2, 0.25) is 0 Å². The topological polar surface area (TPSA) is 92.4 Å². The first-order valence-corrected chi connectivity index (χ1v) is 2.41. The van der Waals surface area contributed by atoms with Crippen LogP contribution >= 0.6 is 0 Å². The summed E-state index contributed by atoms with van der Waals surface area (Å²) in [6, 6.07) is -1.74. The minimum absolute atomic E-state index is 0.401. The number of carbonyl (C=O) groups is 2. The van der Waals surface area contributed by atoms with Gasteiger partial charge in [0.2, 0.25) is 5.91 Å². The Morgan fingerprint density at radius 3 is 2.44 bits per heavy atom. The monoisotopic (exact) mass is 130 g/mol. The van der Waals surface area contributed by atoms with Gasteiger partial charge in [-0.05, 0) is 0 Å². The van der Waals surface area contributed by atoms with E-state index in [0.29, 0.717) is 0 Å². The number of carbonyl (C=O) groups excluding carboxylic acids is 1. The molecule has 9 heavy (non-hydrogen) atoms. The highest BCUT2D eigenvalue weighted by molar-refractivity contribution is 5.98. The Morgan fingerprint density at radius 1 is 1.78 bits per heavy atom. The van der Waals surface area contributed by atoms with Gasteiger partial charge >= 0.3 is 5.97 Å². The Morgan fingerprint density at radius 2 is 2.33 bits per heavy atom. The van der Waals surface area contributed by atoms with Crippen LogP contribution in [-0.4, -0.2) is 29.1 Å². The van der Waals surface area contributed by atoms with E-state index in [1.807, 2.05) is 0 Å². The van der Waals surface area contributed by atoms with E-state index >= 15 is 0 Å². The summed E-state index contributed by atoms with van der Waals surface area (Å²) in [5.41, 5.74) is 5.07. The molecule has 5 heteroatoms. The van der Waals surface area contributed by atoms with Crippen LogP contribution in [-0.2, 0) is 9.59 Å². The minimum Gasteiger partial charge on any atom is -0.480 e. The van der Waals surface area contributed by atoms with E-state index in [1.165, 1.54) is 0 Å². The fourth-order valence-electron chi connectivity index (χ4n) is 0.610. The smallest absolute Gasteiger partial charge is 0.328 e. The average molecular weight is 130 g/mol. The summed E-state index contributed by atoms with van der Waals surface area (Å²) in [4.78, 5) is 20.3. The molecule has 0 saturated carbocycles. The van der Waals surface area contributed by atoms with Crippen molar-refractivity contribution in [3.8, 4) is 0 Å². The molecule has 0 aromatic heterocycles. The molecular formula is C4H6N2O3. The first-order valence-electron chi connectivity index (χ1n) is 2.41. The molecule has 1 saturated heterocycles. The van der Waals surface area contributed by atoms with Crippen molar-refractivity contribution in [1.82, 2.24) is 5.32 Å². The third-order valence-corrected chi connectivity index (χ3v) is 1.23. The van der Waals surface area contributed by atoms with Crippen LogP contribution in [0.25, 0.3) is 0 Å². The zero-order valence-electron chi connectivity index (χ0n) is 4.50. The highest BCUT2D eigenvalue weighted by atomic mass is 16.4. The van der Waals surface area contributed by atoms with Crippen LogP contribution < -0.4 is 11.1 Å². The first-order chi connectivity index (χ1) is 4.13. The molecule has 1 amide bonds. The molecule has 0 bridgehead atoms. The van der Waals surface area contributed by atoms with E-state index in [4.69, 9.17) is 10.8 Å². The lowest BCUT2D eigenvalue weighted by atomic mass is 10.0. The van der Waals surface area contributed by atoms with Crippen molar-refractivity contribution < 1.29 is 14.7 Å². The summed E-state index contributed by atoms with van der Waals surface area (Å²) >= 11 is 0. The zero-order valence-corrected chi connectivity index (χ0v) is 4.50. The van der Waals surface area contributed by atoms with Crippen LogP contribution in [0.3, 0.4) is 0 Å². The normalized spacial score (nSPS) is 32.8. The van der Waals surface area contributed by atoms with Gasteiger partial charge in [-0.25, -0.2) is 4.79 Å². The molecule has 0 aliphatic carbocycles. The summed E-state index contributed by atoms with van der Waals surface area (Å²) < 4.78 is 0. The number of carboxylic acid groups (broad SMARTS) is 1. The van der Waals surface area contributed by atoms with Gasteiger partial charge in [-0.1, -0.05) is 0 Å². The zero-order chi connectivity index (χ0) is 7.02. The second-order valence-corrected chi connectivity index (χ2v) is 1.85. The van der Waals surface area contributed by atoms with Crippen LogP contribution in [0.4, 0.5) is 0 Å². The molecule has 1 aliphatic rings. The van der Waals surface area contributed by atoms with E-state index in [2.05, 4.69) is 5.32 Å². The van der Waals surface area contributed by atoms with Gasteiger partial charge < -0.3 is 16.2 Å². The Bertz CT molecular complexity index is 167. The highest BCUT2D eigenvalue weighted by Gasteiger charge is 2.41. The van der Waals surface area contributed by atoms with Crippen LogP contribution in [0.1, 0.15) is 0 Å². The fourth-order valence-corrected chi connectivity index (χ4v) is 0.610. The van der Waals surface area contributed by atoms with Crippen molar-refractivity contribution >= 4 is 11.9 Å². The molecule has 50 valence electrons. The van der Waals surface area contributed by atoms with E-state index in [1.54, 1.807) is 0 Å². The van der Waals surface area contributed by atoms with Gasteiger partial charge in [-0.15, -0.1) is 0 Å². The van der Waals surface area contributed by atoms with E-state index in [0.717, 1.165) is 0 Å². The average Bonchev–Trinajstić information content (AvgIpc) is 1.81. The molecule has 0 unspecified atom stereocenters. The maximum atomic E-state index is 10.2. The number of amides is 1. The number of aliphatic carboxylic acids is 1. The molecule has 0 aromatic carbocycles. The number of hydrogen-bond acceptors (Lipinski definition) is 3. The Kier molecular flexibility index (Phi) is 1.14. The molecule has 4 N–H and O–H groups in total. The van der Waals surface area contributed by atoms with E-state index < -0.39 is 24.0 Å². The number of rotatable bonds is 1. The molecule has 1 aliphatic heterocycles. The molecular weight excluding hydrogens is 124 g/mol. The maximum absolute atomic E-state index is 10.2. The number of hydrogen-bond donors (Lipinski definition) is 3. The summed E-state index contributed by atoms with van der Waals surface area (Å²) in [5.74, 6) is -1.48. The highest BCUT2D eigenvalue weighted by Crippen LogP contribution is 2.01. The summed E-state index contributed by atoms with van der Waals surface area (Å²) in [7, 11) is 0. The minimum atomic E-state index is -1.08. The number of nitrogens with one attached hydrogen (secondary N) is 1. The van der Waals surface area contributed by atoms with Crippen LogP contribution in [0.5, 0.6) is 0 Å². The number of β-lactam (4-membered cyclic amide) rings is 1. The van der Waals surface area contributed by atoms with Crippen molar-refractivity contribution in [2.75, 3.05) is 0 Å². The lowest BCUT2D eigenvalue weighted by Gasteiger charge is -2.29. The third kappa shape index (κ3) is 0.746. The molecule has 0 aromatic rings. The SMILES string of the molecule is N[C@H]1C(=O)N[C@@H]1C(=O)O. The molecule has 0 spiro atoms. The van der Waals surface area contributed by atoms with E-state index in [9.17, 15) is 9.59 Å². The predicted molar refractivity (Wildman–Crippen MR) is 27.5 cm³/mol. The lowest BCUT2D eigenvalue weighted by Crippen LogP contribution is -2.69. The fraction of sp³-hybridized carbons (Fsp3) is 0.500. The first kappa shape index (κ1) is 6.03. The van der Waals surface area contributed by atoms with Crippen molar-refractivity contribution in [2.24, 2.45) is 5.73 Å². The van der Waals surface area contributed by atoms with Crippen molar-refractivity contribution in [3.05, 3.63) is 0 Å². The molecule has 0 radical (unpaired) electrons. The Hall–Kier alpha value is -1.10. The Balaban J connectivity index is 2.51. The molecule has 1 rings (SSSR count). The largest absolute Gasteiger partial charge is 0.480 e. The van der Waals surface area contributed by atoms with Crippen LogP contribution in [0.15, 0.2) is 0 Å². The number of carboxylic acids is 1. The molecule has 1 heterocycles. The maximum Gasteiger partial charge on any atom is 0.328 e. The lowest BCUT2D eigenvalue weighted by molar-refractivity contribution is -0.149. The third-order valence-electron chi connectivity index (χ3n) is 1.23. The summed E-state index contributed by atoms with van der Waals surface area (Å²) in [6.07, 6.45) is 0. The molecule has 2 atom stereocenters. The molecule has 5 nitrogen and oxygen atoms in total. The van der Waals surface area contributed by atoms with Crippen molar-refractivity contribution in [3.63, 3.8) is 0 Å². The Labute approximate surface area is 50.8 Å². The standard InChI is InChI=1S/C4H6N2O3/c5-1-2(4(8)9)6-3(1)7/h1-2H,5H2,(H,6,7)(H,8,9)/t1-,2+/m1/s1. The van der Waals surface area contributed by atoms with Gasteiger partial charge in [-0.2, -0.15) is 0 Å². The van der Waals surface area contributed by atoms with Crippen LogP contribution in [0, 0.1) is 0 Å². The second kappa shape index (κ2) is 1.70. The summed E-state index contributed by atoms with van der Waals surface area (Å²) in [6.45, 7) is 0. The van der Waals surface area contributed by atoms with Gasteiger partial charge in [0.05, 0.1) is 0 Å². The summed E-state index contributed by atoms with van der Waals surface area (Å²) in [5, 5.41) is 10.4. The quantitative estimate of drug-likeness (QED) is 0.354. The van der Waals surface area contributed by atoms with Gasteiger partial charge in [0.1, 0.15) is 6.04 Å². The van der Waals surface area contributed by atoms with Crippen molar-refractivity contribution in [1.29, 1.82) is 0 Å². The van der Waals surface area contributed by atoms with Gasteiger partial charge in [0.25, 0.3) is 0 Å². The predicted octanol–water partition coefficient (Wildman–Crippen LogP) is -2.10. The van der Waals surface area contributed by atoms with Gasteiger partial charge in [-0.3, -0.25) is 4.79 Å². The second-order valence-electron chi connectivity index (χ2n) is 1.85. The van der Waals surface area contributed by atoms with Gasteiger partial charge in [0.15, 0.2) is 6.04 Å². The van der Waals surface area contributed by atoms with Crippen molar-refractivity contribution in [2.45, 2.75) is 12.1 Å². The number of nitrogens with two attached hydrogens (primary N) is 1. The molecule has 1 fully saturated rings.